The lowest BCUT2D eigenvalue weighted by atomic mass is 9.80. The van der Waals surface area contributed by atoms with Crippen molar-refractivity contribution in [3.05, 3.63) is 53.1 Å². The first-order chi connectivity index (χ1) is 18.7. The van der Waals surface area contributed by atoms with Crippen LogP contribution in [0.4, 0.5) is 8.78 Å². The molecule has 2 aromatic carbocycles. The molecule has 9 heteroatoms. The number of carboxylic acids is 1. The molecule has 0 aromatic heterocycles. The van der Waals surface area contributed by atoms with Crippen molar-refractivity contribution in [3.8, 4) is 16.9 Å². The fourth-order valence-electron chi connectivity index (χ4n) is 6.20. The standard InChI is InChI=1S/C30H35F2N3O4/c1-3-38-25-14-22(27-23(31)5-4-6-24(27)32)21(19-7-8-19)13-20(25)16-34-17-30(18-34)15-26(33-39-30)35-11-9-29(2,10-12-35)28(36)37/h4-6,13-14,19H,3,7-12,15-18H2,1-2H3,(H,36,37). The molecular weight excluding hydrogens is 504 g/mol. The number of aliphatic carboxylic acids is 1. The highest BCUT2D eigenvalue weighted by Crippen LogP contribution is 2.48. The molecule has 39 heavy (non-hydrogen) atoms. The van der Waals surface area contributed by atoms with Gasteiger partial charge in [0.1, 0.15) is 23.2 Å². The molecule has 3 fully saturated rings. The fraction of sp³-hybridized carbons (Fsp3) is 0.533. The van der Waals surface area contributed by atoms with E-state index in [0.29, 0.717) is 75.8 Å². The van der Waals surface area contributed by atoms with E-state index in [1.165, 1.54) is 18.2 Å². The molecule has 0 amide bonds. The van der Waals surface area contributed by atoms with Crippen LogP contribution < -0.4 is 4.74 Å². The van der Waals surface area contributed by atoms with E-state index in [1.54, 1.807) is 0 Å². The number of halogens is 2. The van der Waals surface area contributed by atoms with Gasteiger partial charge in [0, 0.05) is 38.3 Å². The number of ether oxygens (including phenoxy) is 1. The topological polar surface area (TPSA) is 74.6 Å². The van der Waals surface area contributed by atoms with Crippen LogP contribution in [0.15, 0.2) is 35.5 Å². The highest BCUT2D eigenvalue weighted by molar-refractivity contribution is 5.85. The third-order valence-corrected chi connectivity index (χ3v) is 8.77. The van der Waals surface area contributed by atoms with Crippen molar-refractivity contribution in [2.24, 2.45) is 10.6 Å². The normalized spacial score (nSPS) is 21.8. The van der Waals surface area contributed by atoms with E-state index in [0.717, 1.165) is 29.8 Å². The van der Waals surface area contributed by atoms with Crippen molar-refractivity contribution in [1.29, 1.82) is 0 Å². The molecule has 7 nitrogen and oxygen atoms in total. The number of rotatable bonds is 7. The molecular formula is C30H35F2N3O4. The van der Waals surface area contributed by atoms with Gasteiger partial charge in [-0.2, -0.15) is 0 Å². The second-order valence-corrected chi connectivity index (χ2v) is 11.8. The summed E-state index contributed by atoms with van der Waals surface area (Å²) in [5, 5.41) is 13.9. The highest BCUT2D eigenvalue weighted by Gasteiger charge is 2.51. The number of likely N-dealkylation sites (tertiary alicyclic amines) is 2. The molecule has 0 radical (unpaired) electrons. The van der Waals surface area contributed by atoms with E-state index < -0.39 is 23.0 Å². The van der Waals surface area contributed by atoms with Crippen molar-refractivity contribution in [2.45, 2.75) is 64.0 Å². The molecule has 3 heterocycles. The Morgan fingerprint density at radius 2 is 1.87 bits per heavy atom. The molecule has 2 aromatic rings. The Labute approximate surface area is 227 Å². The quantitative estimate of drug-likeness (QED) is 0.509. The van der Waals surface area contributed by atoms with Crippen molar-refractivity contribution in [3.63, 3.8) is 0 Å². The van der Waals surface area contributed by atoms with Crippen LogP contribution in [-0.4, -0.2) is 65.1 Å². The molecule has 0 atom stereocenters. The van der Waals surface area contributed by atoms with Gasteiger partial charge in [0.05, 0.1) is 24.0 Å². The zero-order valence-electron chi connectivity index (χ0n) is 22.5. The van der Waals surface area contributed by atoms with Crippen LogP contribution in [0.2, 0.25) is 0 Å². The van der Waals surface area contributed by atoms with Crippen molar-refractivity contribution < 1.29 is 28.3 Å². The summed E-state index contributed by atoms with van der Waals surface area (Å²) in [5.74, 6) is 0.00231. The van der Waals surface area contributed by atoms with E-state index in [1.807, 2.05) is 19.9 Å². The first-order valence-electron chi connectivity index (χ1n) is 13.9. The predicted octanol–water partition coefficient (Wildman–Crippen LogP) is 5.38. The molecule has 1 aliphatic carbocycles. The van der Waals surface area contributed by atoms with Gasteiger partial charge < -0.3 is 19.6 Å². The maximum Gasteiger partial charge on any atom is 0.309 e. The first-order valence-corrected chi connectivity index (χ1v) is 13.9. The van der Waals surface area contributed by atoms with Gasteiger partial charge in [0.15, 0.2) is 5.60 Å². The Morgan fingerprint density at radius 1 is 1.18 bits per heavy atom. The summed E-state index contributed by atoms with van der Waals surface area (Å²) in [6, 6.07) is 7.89. The van der Waals surface area contributed by atoms with Crippen LogP contribution in [0.3, 0.4) is 0 Å². The Bertz CT molecular complexity index is 1290. The number of carboxylic acid groups (broad SMARTS) is 1. The van der Waals surface area contributed by atoms with Gasteiger partial charge in [-0.15, -0.1) is 0 Å². The molecule has 1 spiro atoms. The lowest BCUT2D eigenvalue weighted by Gasteiger charge is -2.46. The number of benzene rings is 2. The number of amidine groups is 1. The summed E-state index contributed by atoms with van der Waals surface area (Å²) in [6.07, 6.45) is 3.93. The summed E-state index contributed by atoms with van der Waals surface area (Å²) < 4.78 is 35.5. The van der Waals surface area contributed by atoms with E-state index in [2.05, 4.69) is 21.0 Å². The third-order valence-electron chi connectivity index (χ3n) is 8.77. The van der Waals surface area contributed by atoms with Crippen LogP contribution in [0.1, 0.15) is 63.0 Å². The van der Waals surface area contributed by atoms with Gasteiger partial charge in [-0.05, 0) is 80.8 Å². The second-order valence-electron chi connectivity index (χ2n) is 11.8. The summed E-state index contributed by atoms with van der Waals surface area (Å²) in [5.41, 5.74) is 1.56. The molecule has 1 N–H and O–H groups in total. The summed E-state index contributed by atoms with van der Waals surface area (Å²) in [6.45, 7) is 7.60. The molecule has 208 valence electrons. The minimum atomic E-state index is -0.735. The van der Waals surface area contributed by atoms with E-state index in [4.69, 9.17) is 9.57 Å². The van der Waals surface area contributed by atoms with Crippen LogP contribution >= 0.6 is 0 Å². The van der Waals surface area contributed by atoms with Gasteiger partial charge in [-0.3, -0.25) is 9.69 Å². The summed E-state index contributed by atoms with van der Waals surface area (Å²) in [7, 11) is 0. The molecule has 6 rings (SSSR count). The third kappa shape index (κ3) is 4.86. The number of hydrogen-bond donors (Lipinski definition) is 1. The van der Waals surface area contributed by atoms with Gasteiger partial charge in [0.2, 0.25) is 0 Å². The second kappa shape index (κ2) is 9.77. The molecule has 0 unspecified atom stereocenters. The maximum atomic E-state index is 14.8. The number of piperidine rings is 1. The zero-order chi connectivity index (χ0) is 27.4. The lowest BCUT2D eigenvalue weighted by molar-refractivity contribution is -0.150. The molecule has 1 saturated carbocycles. The van der Waals surface area contributed by atoms with Gasteiger partial charge >= 0.3 is 5.97 Å². The number of hydrogen-bond acceptors (Lipinski definition) is 6. The Morgan fingerprint density at radius 3 is 2.49 bits per heavy atom. The monoisotopic (exact) mass is 539 g/mol. The Balaban J connectivity index is 1.15. The highest BCUT2D eigenvalue weighted by atomic mass is 19.1. The van der Waals surface area contributed by atoms with Crippen molar-refractivity contribution in [1.82, 2.24) is 9.80 Å². The summed E-state index contributed by atoms with van der Waals surface area (Å²) >= 11 is 0. The van der Waals surface area contributed by atoms with E-state index in [-0.39, 0.29) is 11.2 Å². The SMILES string of the molecule is CCOc1cc(-c2c(F)cccc2F)c(C2CC2)cc1CN1CC2(CC(N3CCC(C)(C(=O)O)CC3)=NO2)C1. The minimum absolute atomic E-state index is 0.0141. The average Bonchev–Trinajstić information content (AvgIpc) is 3.63. The number of oxime groups is 1. The van der Waals surface area contributed by atoms with Crippen LogP contribution in [0, 0.1) is 17.0 Å². The molecule has 3 aliphatic heterocycles. The van der Waals surface area contributed by atoms with Gasteiger partial charge in [0.25, 0.3) is 0 Å². The molecule has 0 bridgehead atoms. The minimum Gasteiger partial charge on any atom is -0.494 e. The summed E-state index contributed by atoms with van der Waals surface area (Å²) in [4.78, 5) is 22.0. The fourth-order valence-corrected chi connectivity index (χ4v) is 6.20. The molecule has 4 aliphatic rings. The van der Waals surface area contributed by atoms with E-state index >= 15 is 0 Å². The van der Waals surface area contributed by atoms with Crippen molar-refractivity contribution >= 4 is 11.8 Å². The van der Waals surface area contributed by atoms with Crippen molar-refractivity contribution in [2.75, 3.05) is 32.8 Å². The van der Waals surface area contributed by atoms with Gasteiger partial charge in [-0.1, -0.05) is 11.2 Å². The van der Waals surface area contributed by atoms with Gasteiger partial charge in [-0.25, -0.2) is 8.78 Å². The van der Waals surface area contributed by atoms with Crippen LogP contribution in [0.5, 0.6) is 5.75 Å². The van der Waals surface area contributed by atoms with Crippen LogP contribution in [-0.2, 0) is 16.2 Å². The largest absolute Gasteiger partial charge is 0.494 e. The predicted molar refractivity (Wildman–Crippen MR) is 143 cm³/mol. The Kier molecular flexibility index (Phi) is 6.52. The lowest BCUT2D eigenvalue weighted by Crippen LogP contribution is -2.61. The smallest absolute Gasteiger partial charge is 0.309 e. The van der Waals surface area contributed by atoms with Crippen LogP contribution in [0.25, 0.3) is 11.1 Å². The Hall–Kier alpha value is -3.20. The zero-order valence-corrected chi connectivity index (χ0v) is 22.5. The van der Waals surface area contributed by atoms with E-state index in [9.17, 15) is 18.7 Å². The first kappa shape index (κ1) is 26.0. The molecule has 2 saturated heterocycles. The maximum absolute atomic E-state index is 14.8. The number of nitrogens with zero attached hydrogens (tertiary/aromatic N) is 3. The number of carbonyl (C=O) groups is 1. The average molecular weight is 540 g/mol.